The van der Waals surface area contributed by atoms with Gasteiger partial charge in [0.25, 0.3) is 0 Å². The Bertz CT molecular complexity index is 1870. The maximum absolute atomic E-state index is 13.7. The molecule has 5 aliphatic rings. The van der Waals surface area contributed by atoms with Crippen LogP contribution in [0.1, 0.15) is 68.8 Å². The second kappa shape index (κ2) is 18.6. The van der Waals surface area contributed by atoms with Crippen LogP contribution in [0.2, 0.25) is 0 Å². The monoisotopic (exact) mass is 834 g/mol. The minimum absolute atomic E-state index is 0.0711. The number of carbonyl (C=O) groups is 2. The minimum atomic E-state index is -1.25. The molecule has 5 fully saturated rings. The SMILES string of the molecule is CO[C@@H]1O[C@@H](C)[C@H](O[C@H]2O[C@@H]3COC(c4ccccc4)O[C@H]3[C@H](O[C@H]3O[C@H](C)[C@@H](OCc4ccccc4)C[C@@H]3OC(=O)c3ccccc3)[C@@H]2OC(C)=O)[C@H]2OC(C)(C)O[C@@H]12. The zero-order valence-corrected chi connectivity index (χ0v) is 34.6. The summed E-state index contributed by atoms with van der Waals surface area (Å²) < 4.78 is 82.9. The quantitative estimate of drug-likeness (QED) is 0.214. The number of fused-ring (bicyclic) bond motifs is 2. The third kappa shape index (κ3) is 9.62. The Labute approximate surface area is 349 Å². The number of benzene rings is 3. The van der Waals surface area contributed by atoms with E-state index in [0.29, 0.717) is 12.2 Å². The Kier molecular flexibility index (Phi) is 13.3. The van der Waals surface area contributed by atoms with E-state index in [1.165, 1.54) is 14.0 Å². The third-order valence-corrected chi connectivity index (χ3v) is 11.3. The molecule has 0 saturated carbocycles. The summed E-state index contributed by atoms with van der Waals surface area (Å²) in [4.78, 5) is 26.7. The molecule has 0 bridgehead atoms. The lowest BCUT2D eigenvalue weighted by Gasteiger charge is -2.51. The van der Waals surface area contributed by atoms with Crippen LogP contribution in [0.4, 0.5) is 0 Å². The highest BCUT2D eigenvalue weighted by molar-refractivity contribution is 5.89. The van der Waals surface area contributed by atoms with E-state index in [1.54, 1.807) is 38.1 Å². The molecule has 5 aliphatic heterocycles. The van der Waals surface area contributed by atoms with E-state index in [2.05, 4.69) is 0 Å². The molecule has 8 rings (SSSR count). The first-order chi connectivity index (χ1) is 29.0. The fourth-order valence-corrected chi connectivity index (χ4v) is 8.41. The molecule has 0 aliphatic carbocycles. The van der Waals surface area contributed by atoms with Gasteiger partial charge in [0.1, 0.15) is 36.6 Å². The van der Waals surface area contributed by atoms with Gasteiger partial charge >= 0.3 is 11.9 Å². The van der Waals surface area contributed by atoms with E-state index >= 15 is 0 Å². The third-order valence-electron chi connectivity index (χ3n) is 11.3. The first-order valence-corrected chi connectivity index (χ1v) is 20.5. The van der Waals surface area contributed by atoms with E-state index in [0.717, 1.165) is 11.1 Å². The fourth-order valence-electron chi connectivity index (χ4n) is 8.41. The van der Waals surface area contributed by atoms with E-state index in [9.17, 15) is 9.59 Å². The van der Waals surface area contributed by atoms with Crippen LogP contribution in [-0.2, 0) is 73.0 Å². The smallest absolute Gasteiger partial charge is 0.338 e. The summed E-state index contributed by atoms with van der Waals surface area (Å²) in [5.41, 5.74) is 2.10. The van der Waals surface area contributed by atoms with Crippen molar-refractivity contribution in [2.45, 2.75) is 146 Å². The van der Waals surface area contributed by atoms with Crippen molar-refractivity contribution in [2.75, 3.05) is 13.7 Å². The highest BCUT2D eigenvalue weighted by atomic mass is 16.8. The van der Waals surface area contributed by atoms with Gasteiger partial charge in [-0.2, -0.15) is 0 Å². The minimum Gasteiger partial charge on any atom is -0.454 e. The van der Waals surface area contributed by atoms with E-state index in [4.69, 9.17) is 61.6 Å². The number of methoxy groups -OCH3 is 1. The van der Waals surface area contributed by atoms with Gasteiger partial charge in [0, 0.05) is 26.0 Å². The van der Waals surface area contributed by atoms with Gasteiger partial charge in [0.05, 0.1) is 37.1 Å². The molecule has 3 aromatic rings. The number of carbonyl (C=O) groups excluding carboxylic acids is 2. The Morgan fingerprint density at radius 1 is 0.683 bits per heavy atom. The van der Waals surface area contributed by atoms with Crippen molar-refractivity contribution in [1.29, 1.82) is 0 Å². The van der Waals surface area contributed by atoms with Crippen LogP contribution in [0, 0.1) is 0 Å². The van der Waals surface area contributed by atoms with Crippen LogP contribution in [0.3, 0.4) is 0 Å². The molecular formula is C45H54O15. The topological polar surface area (TPSA) is 154 Å². The Balaban J connectivity index is 1.11. The van der Waals surface area contributed by atoms with Crippen LogP contribution in [0.5, 0.6) is 0 Å². The van der Waals surface area contributed by atoms with Gasteiger partial charge < -0.3 is 61.6 Å². The zero-order valence-electron chi connectivity index (χ0n) is 34.6. The summed E-state index contributed by atoms with van der Waals surface area (Å²) in [7, 11) is 1.54. The average molecular weight is 835 g/mol. The number of rotatable bonds is 12. The van der Waals surface area contributed by atoms with E-state index < -0.39 is 110 Å². The molecular weight excluding hydrogens is 780 g/mol. The van der Waals surface area contributed by atoms with Gasteiger partial charge in [-0.15, -0.1) is 0 Å². The van der Waals surface area contributed by atoms with Crippen molar-refractivity contribution in [2.24, 2.45) is 0 Å². The van der Waals surface area contributed by atoms with Crippen LogP contribution in [0.25, 0.3) is 0 Å². The molecule has 0 spiro atoms. The summed E-state index contributed by atoms with van der Waals surface area (Å²) in [5.74, 6) is -2.16. The Morgan fingerprint density at radius 3 is 2.03 bits per heavy atom. The summed E-state index contributed by atoms with van der Waals surface area (Å²) in [6.45, 7) is 8.99. The Hall–Kier alpha value is -3.84. The predicted molar refractivity (Wildman–Crippen MR) is 209 cm³/mol. The molecule has 3 aromatic carbocycles. The van der Waals surface area contributed by atoms with Crippen molar-refractivity contribution in [1.82, 2.24) is 0 Å². The summed E-state index contributed by atoms with van der Waals surface area (Å²) >= 11 is 0. The lowest BCUT2D eigenvalue weighted by molar-refractivity contribution is -0.399. The summed E-state index contributed by atoms with van der Waals surface area (Å²) in [6.07, 6.45) is -12.3. The number of hydrogen-bond acceptors (Lipinski definition) is 15. The molecule has 15 heteroatoms. The molecule has 0 amide bonds. The zero-order chi connectivity index (χ0) is 42.0. The first-order valence-electron chi connectivity index (χ1n) is 20.5. The van der Waals surface area contributed by atoms with Gasteiger partial charge in [-0.3, -0.25) is 4.79 Å². The van der Waals surface area contributed by atoms with Crippen LogP contribution in [-0.4, -0.2) is 117 Å². The normalized spacial score (nSPS) is 37.3. The predicted octanol–water partition coefficient (Wildman–Crippen LogP) is 5.38. The molecule has 60 heavy (non-hydrogen) atoms. The van der Waals surface area contributed by atoms with Crippen LogP contribution >= 0.6 is 0 Å². The maximum atomic E-state index is 13.7. The van der Waals surface area contributed by atoms with Crippen molar-refractivity contribution >= 4 is 11.9 Å². The maximum Gasteiger partial charge on any atom is 0.338 e. The van der Waals surface area contributed by atoms with Crippen molar-refractivity contribution in [3.63, 3.8) is 0 Å². The highest BCUT2D eigenvalue weighted by Crippen LogP contribution is 2.43. The largest absolute Gasteiger partial charge is 0.454 e. The van der Waals surface area contributed by atoms with Gasteiger partial charge in [-0.1, -0.05) is 78.9 Å². The van der Waals surface area contributed by atoms with Gasteiger partial charge in [-0.05, 0) is 45.4 Å². The number of ether oxygens (including phenoxy) is 13. The molecule has 15 atom stereocenters. The molecule has 0 radical (unpaired) electrons. The lowest BCUT2D eigenvalue weighted by Crippen LogP contribution is -2.67. The van der Waals surface area contributed by atoms with Gasteiger partial charge in [0.2, 0.25) is 0 Å². The van der Waals surface area contributed by atoms with E-state index in [1.807, 2.05) is 80.6 Å². The molecule has 1 unspecified atom stereocenters. The number of hydrogen-bond donors (Lipinski definition) is 0. The highest BCUT2D eigenvalue weighted by Gasteiger charge is 2.59. The molecule has 15 nitrogen and oxygen atoms in total. The average Bonchev–Trinajstić information content (AvgIpc) is 3.58. The van der Waals surface area contributed by atoms with Crippen LogP contribution in [0.15, 0.2) is 91.0 Å². The molecule has 5 heterocycles. The van der Waals surface area contributed by atoms with Crippen LogP contribution < -0.4 is 0 Å². The lowest BCUT2D eigenvalue weighted by atomic mass is 9.95. The standard InChI is InChI=1S/C45H54O15/c1-25-31(49-23-28-16-10-7-11-17-28)22-32(54-40(47)29-18-12-8-13-19-29)42(51-25)58-36-35-33(24-50-41(57-35)30-20-14-9-15-21-30)55-44(38(36)53-27(3)46)56-34-26(2)52-43(48-6)39-37(34)59-45(4,5)60-39/h7-21,25-26,31-39,41-44H,22-24H2,1-6H3/t25-,26+,31+,32+,33-,34+,35-,36+,37-,38+,39-,41?,42-,43-,44-/m1/s1. The molecule has 0 aromatic heterocycles. The second-order valence-corrected chi connectivity index (χ2v) is 16.1. The summed E-state index contributed by atoms with van der Waals surface area (Å²) in [5, 5.41) is 0. The number of esters is 2. The molecule has 0 N–H and O–H groups in total. The van der Waals surface area contributed by atoms with Gasteiger partial charge in [0.15, 0.2) is 43.2 Å². The van der Waals surface area contributed by atoms with Crippen molar-refractivity contribution in [3.05, 3.63) is 108 Å². The molecule has 5 saturated heterocycles. The fraction of sp³-hybridized carbons (Fsp3) is 0.556. The van der Waals surface area contributed by atoms with Crippen molar-refractivity contribution in [3.8, 4) is 0 Å². The Morgan fingerprint density at radius 2 is 1.33 bits per heavy atom. The second-order valence-electron chi connectivity index (χ2n) is 16.1. The van der Waals surface area contributed by atoms with E-state index in [-0.39, 0.29) is 13.0 Å². The summed E-state index contributed by atoms with van der Waals surface area (Å²) in [6, 6.07) is 27.9. The first kappa shape index (κ1) is 42.8. The van der Waals surface area contributed by atoms with Crippen molar-refractivity contribution < 1.29 is 71.2 Å². The molecule has 324 valence electrons. The van der Waals surface area contributed by atoms with Gasteiger partial charge in [-0.25, -0.2) is 4.79 Å².